The molecule has 0 saturated carbocycles. The van der Waals surface area contributed by atoms with Crippen LogP contribution in [0.2, 0.25) is 0 Å². The third-order valence-corrected chi connectivity index (χ3v) is 3.83. The number of aromatic amines is 1. The standard InChI is InChI=1S/C18H21N3O5/c1-3-13-4-6-14(7-5-13)12(2)19-16(23)11-26-17(24)10-21-9-8-15(22)20-18(21)25/h4-9,12H,3,10-11H2,1-2H3,(H,19,23)(H,20,22,25)/t12-/m1/s1. The minimum atomic E-state index is -0.755. The molecule has 1 amide bonds. The first-order valence-corrected chi connectivity index (χ1v) is 8.22. The van der Waals surface area contributed by atoms with Gasteiger partial charge < -0.3 is 10.1 Å². The van der Waals surface area contributed by atoms with Crippen LogP contribution in [0.4, 0.5) is 0 Å². The smallest absolute Gasteiger partial charge is 0.328 e. The third-order valence-electron chi connectivity index (χ3n) is 3.83. The normalized spacial score (nSPS) is 11.6. The first kappa shape index (κ1) is 19.2. The van der Waals surface area contributed by atoms with Gasteiger partial charge in [-0.3, -0.25) is 23.9 Å². The number of carbonyl (C=O) groups is 2. The van der Waals surface area contributed by atoms with E-state index in [1.165, 1.54) is 11.8 Å². The SMILES string of the molecule is CCc1ccc([C@@H](C)NC(=O)COC(=O)Cn2ccc(=O)[nH]c2=O)cc1. The molecule has 1 aromatic carbocycles. The lowest BCUT2D eigenvalue weighted by molar-refractivity contribution is -0.149. The Morgan fingerprint density at radius 3 is 2.50 bits per heavy atom. The fraction of sp³-hybridized carbons (Fsp3) is 0.333. The van der Waals surface area contributed by atoms with Gasteiger partial charge in [0.25, 0.3) is 11.5 Å². The van der Waals surface area contributed by atoms with Crippen LogP contribution < -0.4 is 16.6 Å². The van der Waals surface area contributed by atoms with Crippen molar-refractivity contribution in [1.82, 2.24) is 14.9 Å². The summed E-state index contributed by atoms with van der Waals surface area (Å²) in [5.74, 6) is -1.20. The van der Waals surface area contributed by atoms with Crippen LogP contribution in [0.3, 0.4) is 0 Å². The van der Waals surface area contributed by atoms with Crippen LogP contribution in [0.1, 0.15) is 31.0 Å². The lowest BCUT2D eigenvalue weighted by atomic mass is 10.1. The van der Waals surface area contributed by atoms with Gasteiger partial charge in [0.2, 0.25) is 0 Å². The number of carbonyl (C=O) groups excluding carboxylic acids is 2. The van der Waals surface area contributed by atoms with E-state index in [1.54, 1.807) is 0 Å². The topological polar surface area (TPSA) is 110 Å². The number of H-pyrrole nitrogens is 1. The number of benzene rings is 1. The molecule has 0 aliphatic carbocycles. The fourth-order valence-corrected chi connectivity index (χ4v) is 2.31. The second kappa shape index (κ2) is 8.80. The van der Waals surface area contributed by atoms with Gasteiger partial charge in [0.15, 0.2) is 6.61 Å². The Hall–Kier alpha value is -3.16. The largest absolute Gasteiger partial charge is 0.454 e. The molecular weight excluding hydrogens is 338 g/mol. The van der Waals surface area contributed by atoms with E-state index in [2.05, 4.69) is 12.2 Å². The van der Waals surface area contributed by atoms with Crippen molar-refractivity contribution in [3.05, 3.63) is 68.5 Å². The molecule has 0 unspecified atom stereocenters. The zero-order valence-electron chi connectivity index (χ0n) is 14.7. The van der Waals surface area contributed by atoms with Crippen LogP contribution >= 0.6 is 0 Å². The van der Waals surface area contributed by atoms with Crippen LogP contribution in [-0.2, 0) is 27.3 Å². The van der Waals surface area contributed by atoms with E-state index in [1.807, 2.05) is 36.2 Å². The van der Waals surface area contributed by atoms with Crippen LogP contribution in [-0.4, -0.2) is 28.0 Å². The number of hydrogen-bond donors (Lipinski definition) is 2. The minimum absolute atomic E-state index is 0.228. The summed E-state index contributed by atoms with van der Waals surface area (Å²) in [6.07, 6.45) is 2.12. The maximum absolute atomic E-state index is 11.9. The number of ether oxygens (including phenoxy) is 1. The molecule has 0 fully saturated rings. The predicted octanol–water partition coefficient (Wildman–Crippen LogP) is 0.520. The molecule has 2 rings (SSSR count). The van der Waals surface area contributed by atoms with Crippen LogP contribution in [0.5, 0.6) is 0 Å². The van der Waals surface area contributed by atoms with Gasteiger partial charge in [0, 0.05) is 12.3 Å². The Balaban J connectivity index is 1.82. The van der Waals surface area contributed by atoms with Crippen molar-refractivity contribution in [3.8, 4) is 0 Å². The molecule has 0 aliphatic heterocycles. The highest BCUT2D eigenvalue weighted by Crippen LogP contribution is 2.13. The van der Waals surface area contributed by atoms with Gasteiger partial charge in [-0.05, 0) is 24.5 Å². The van der Waals surface area contributed by atoms with Crippen molar-refractivity contribution >= 4 is 11.9 Å². The summed E-state index contributed by atoms with van der Waals surface area (Å²) in [5, 5.41) is 2.74. The molecule has 0 radical (unpaired) electrons. The van der Waals surface area contributed by atoms with E-state index in [-0.39, 0.29) is 6.04 Å². The van der Waals surface area contributed by atoms with E-state index < -0.39 is 36.3 Å². The Morgan fingerprint density at radius 1 is 1.19 bits per heavy atom. The van der Waals surface area contributed by atoms with E-state index in [9.17, 15) is 19.2 Å². The van der Waals surface area contributed by atoms with Gasteiger partial charge in [-0.1, -0.05) is 31.2 Å². The monoisotopic (exact) mass is 359 g/mol. The molecular formula is C18H21N3O5. The maximum Gasteiger partial charge on any atom is 0.328 e. The Labute approximate surface area is 149 Å². The van der Waals surface area contributed by atoms with Gasteiger partial charge >= 0.3 is 11.7 Å². The molecule has 1 heterocycles. The molecule has 1 aromatic heterocycles. The van der Waals surface area contributed by atoms with Gasteiger partial charge in [0.05, 0.1) is 6.04 Å². The first-order valence-electron chi connectivity index (χ1n) is 8.22. The highest BCUT2D eigenvalue weighted by Gasteiger charge is 2.13. The molecule has 8 heteroatoms. The molecule has 0 aliphatic rings. The zero-order valence-corrected chi connectivity index (χ0v) is 14.7. The van der Waals surface area contributed by atoms with Crippen molar-refractivity contribution in [2.75, 3.05) is 6.61 Å². The molecule has 26 heavy (non-hydrogen) atoms. The van der Waals surface area contributed by atoms with E-state index in [0.717, 1.165) is 22.6 Å². The fourth-order valence-electron chi connectivity index (χ4n) is 2.31. The lowest BCUT2D eigenvalue weighted by Gasteiger charge is -2.15. The Kier molecular flexibility index (Phi) is 6.48. The van der Waals surface area contributed by atoms with Gasteiger partial charge in [-0.2, -0.15) is 0 Å². The number of aryl methyl sites for hydroxylation is 1. The summed E-state index contributed by atoms with van der Waals surface area (Å²) >= 11 is 0. The second-order valence-corrected chi connectivity index (χ2v) is 5.78. The summed E-state index contributed by atoms with van der Waals surface area (Å²) in [6, 6.07) is 8.78. The quantitative estimate of drug-likeness (QED) is 0.700. The molecule has 8 nitrogen and oxygen atoms in total. The Morgan fingerprint density at radius 2 is 1.88 bits per heavy atom. The van der Waals surface area contributed by atoms with E-state index in [0.29, 0.717) is 0 Å². The number of nitrogens with zero attached hydrogens (tertiary/aromatic N) is 1. The predicted molar refractivity (Wildman–Crippen MR) is 94.7 cm³/mol. The van der Waals surface area contributed by atoms with Gasteiger partial charge in [-0.15, -0.1) is 0 Å². The summed E-state index contributed by atoms with van der Waals surface area (Å²) < 4.78 is 5.85. The molecule has 0 bridgehead atoms. The number of hydrogen-bond acceptors (Lipinski definition) is 5. The van der Waals surface area contributed by atoms with Crippen molar-refractivity contribution in [2.24, 2.45) is 0 Å². The molecule has 0 spiro atoms. The lowest BCUT2D eigenvalue weighted by Crippen LogP contribution is -2.34. The highest BCUT2D eigenvalue weighted by molar-refractivity contribution is 5.80. The van der Waals surface area contributed by atoms with E-state index >= 15 is 0 Å². The number of rotatable bonds is 7. The second-order valence-electron chi connectivity index (χ2n) is 5.78. The highest BCUT2D eigenvalue weighted by atomic mass is 16.5. The van der Waals surface area contributed by atoms with Crippen LogP contribution in [0, 0.1) is 0 Å². The number of nitrogens with one attached hydrogen (secondary N) is 2. The summed E-state index contributed by atoms with van der Waals surface area (Å²) in [4.78, 5) is 48.1. The number of esters is 1. The van der Waals surface area contributed by atoms with E-state index in [4.69, 9.17) is 4.74 Å². The molecule has 138 valence electrons. The van der Waals surface area contributed by atoms with Crippen LogP contribution in [0.15, 0.2) is 46.1 Å². The van der Waals surface area contributed by atoms with Gasteiger partial charge in [0.1, 0.15) is 6.54 Å². The van der Waals surface area contributed by atoms with Crippen molar-refractivity contribution in [1.29, 1.82) is 0 Å². The summed E-state index contributed by atoms with van der Waals surface area (Å²) in [7, 11) is 0. The van der Waals surface area contributed by atoms with Crippen LogP contribution in [0.25, 0.3) is 0 Å². The third kappa shape index (κ3) is 5.44. The summed E-state index contributed by atoms with van der Waals surface area (Å²) in [6.45, 7) is 3.06. The molecule has 0 saturated heterocycles. The maximum atomic E-state index is 11.9. The average molecular weight is 359 g/mol. The van der Waals surface area contributed by atoms with Crippen molar-refractivity contribution in [3.63, 3.8) is 0 Å². The molecule has 2 aromatic rings. The first-order chi connectivity index (χ1) is 12.4. The Bertz CT molecular complexity index is 883. The molecule has 2 N–H and O–H groups in total. The number of amides is 1. The zero-order chi connectivity index (χ0) is 19.1. The summed E-state index contributed by atoms with van der Waals surface area (Å²) in [5.41, 5.74) is 0.878. The average Bonchev–Trinajstić information content (AvgIpc) is 2.62. The number of aromatic nitrogens is 2. The molecule has 1 atom stereocenters. The van der Waals surface area contributed by atoms with Crippen molar-refractivity contribution < 1.29 is 14.3 Å². The van der Waals surface area contributed by atoms with Gasteiger partial charge in [-0.25, -0.2) is 4.79 Å². The minimum Gasteiger partial charge on any atom is -0.454 e. The van der Waals surface area contributed by atoms with Crippen molar-refractivity contribution in [2.45, 2.75) is 32.9 Å².